The van der Waals surface area contributed by atoms with E-state index in [0.717, 1.165) is 29.8 Å². The summed E-state index contributed by atoms with van der Waals surface area (Å²) in [5.41, 5.74) is 2.41. The molecule has 1 aromatic carbocycles. The van der Waals surface area contributed by atoms with E-state index >= 15 is 0 Å². The van der Waals surface area contributed by atoms with Crippen LogP contribution >= 0.6 is 0 Å². The van der Waals surface area contributed by atoms with E-state index in [4.69, 9.17) is 0 Å². The zero-order chi connectivity index (χ0) is 13.5. The van der Waals surface area contributed by atoms with Gasteiger partial charge in [0.1, 0.15) is 5.82 Å². The van der Waals surface area contributed by atoms with E-state index in [0.29, 0.717) is 0 Å². The van der Waals surface area contributed by atoms with Crippen molar-refractivity contribution in [3.05, 3.63) is 41.8 Å². The maximum Gasteiger partial charge on any atom is 0.127 e. The maximum absolute atomic E-state index is 13.6. The highest BCUT2D eigenvalue weighted by molar-refractivity contribution is 5.59. The van der Waals surface area contributed by atoms with Crippen molar-refractivity contribution in [3.63, 3.8) is 0 Å². The second-order valence-corrected chi connectivity index (χ2v) is 3.72. The molecule has 1 heterocycles. The molecule has 2 nitrogen and oxygen atoms in total. The van der Waals surface area contributed by atoms with Gasteiger partial charge in [-0.3, -0.25) is 4.68 Å². The predicted molar refractivity (Wildman–Crippen MR) is 74.0 cm³/mol. The number of aromatic nitrogens is 2. The lowest BCUT2D eigenvalue weighted by Gasteiger charge is -2.02. The van der Waals surface area contributed by atoms with Gasteiger partial charge < -0.3 is 0 Å². The fourth-order valence-electron chi connectivity index (χ4n) is 1.69. The molecule has 0 amide bonds. The highest BCUT2D eigenvalue weighted by atomic mass is 19.1. The van der Waals surface area contributed by atoms with Gasteiger partial charge in [-0.15, -0.1) is 0 Å². The summed E-state index contributed by atoms with van der Waals surface area (Å²) in [6, 6.07) is 7.21. The maximum atomic E-state index is 13.6. The number of hydrogen-bond acceptors (Lipinski definition) is 1. The van der Waals surface area contributed by atoms with Gasteiger partial charge in [-0.1, -0.05) is 32.9 Å². The fraction of sp³-hybridized carbons (Fsp3) is 0.400. The topological polar surface area (TPSA) is 17.8 Å². The fourth-order valence-corrected chi connectivity index (χ4v) is 1.69. The molecule has 3 heteroatoms. The van der Waals surface area contributed by atoms with Crippen molar-refractivity contribution in [2.45, 2.75) is 40.7 Å². The average molecular weight is 248 g/mol. The lowest BCUT2D eigenvalue weighted by Crippen LogP contribution is -1.94. The third kappa shape index (κ3) is 3.19. The Morgan fingerprint density at radius 1 is 1.17 bits per heavy atom. The van der Waals surface area contributed by atoms with Crippen LogP contribution in [0.25, 0.3) is 11.3 Å². The quantitative estimate of drug-likeness (QED) is 0.792. The van der Waals surface area contributed by atoms with Crippen molar-refractivity contribution in [1.82, 2.24) is 9.78 Å². The molecule has 0 aliphatic carbocycles. The molecule has 0 atom stereocenters. The summed E-state index contributed by atoms with van der Waals surface area (Å²) < 4.78 is 15.4. The Morgan fingerprint density at radius 2 is 1.89 bits per heavy atom. The third-order valence-electron chi connectivity index (χ3n) is 2.69. The number of halogens is 1. The molecule has 0 saturated heterocycles. The molecule has 0 unspecified atom stereocenters. The van der Waals surface area contributed by atoms with Crippen molar-refractivity contribution in [2.24, 2.45) is 0 Å². The summed E-state index contributed by atoms with van der Waals surface area (Å²) in [5.74, 6) is -0.147. The summed E-state index contributed by atoms with van der Waals surface area (Å²) in [6.45, 7) is 8.80. The van der Waals surface area contributed by atoms with E-state index in [-0.39, 0.29) is 5.82 Å². The van der Waals surface area contributed by atoms with Crippen LogP contribution in [0.15, 0.2) is 30.5 Å². The molecule has 0 fully saturated rings. The van der Waals surface area contributed by atoms with Crippen LogP contribution in [-0.4, -0.2) is 9.78 Å². The minimum absolute atomic E-state index is 0.147. The standard InChI is InChI=1S/C13H15FN2.C2H6/c1-3-10-5-6-11(9-12(10)14)13-7-8-16(4-2)15-13;1-2/h5-9H,3-4H2,1-2H3;1-2H3. The monoisotopic (exact) mass is 248 g/mol. The summed E-state index contributed by atoms with van der Waals surface area (Å²) in [4.78, 5) is 0. The molecule has 18 heavy (non-hydrogen) atoms. The second-order valence-electron chi connectivity index (χ2n) is 3.72. The van der Waals surface area contributed by atoms with Crippen LogP contribution in [-0.2, 0) is 13.0 Å². The van der Waals surface area contributed by atoms with Crippen molar-refractivity contribution in [2.75, 3.05) is 0 Å². The van der Waals surface area contributed by atoms with Crippen LogP contribution in [0.4, 0.5) is 4.39 Å². The van der Waals surface area contributed by atoms with Crippen molar-refractivity contribution in [1.29, 1.82) is 0 Å². The van der Waals surface area contributed by atoms with Gasteiger partial charge in [-0.25, -0.2) is 4.39 Å². The Hall–Kier alpha value is -1.64. The Labute approximate surface area is 108 Å². The Morgan fingerprint density at radius 3 is 2.39 bits per heavy atom. The van der Waals surface area contributed by atoms with E-state index in [1.54, 1.807) is 6.07 Å². The molecule has 98 valence electrons. The average Bonchev–Trinajstić information content (AvgIpc) is 2.90. The first-order valence-electron chi connectivity index (χ1n) is 6.56. The van der Waals surface area contributed by atoms with Gasteiger partial charge in [-0.05, 0) is 31.0 Å². The molecule has 1 aromatic heterocycles. The number of hydrogen-bond donors (Lipinski definition) is 0. The van der Waals surface area contributed by atoms with Crippen molar-refractivity contribution in [3.8, 4) is 11.3 Å². The first kappa shape index (κ1) is 14.4. The summed E-state index contributed by atoms with van der Waals surface area (Å²) >= 11 is 0. The van der Waals surface area contributed by atoms with Crippen LogP contribution in [0.5, 0.6) is 0 Å². The van der Waals surface area contributed by atoms with E-state index in [1.807, 2.05) is 56.8 Å². The summed E-state index contributed by atoms with van der Waals surface area (Å²) in [7, 11) is 0. The number of nitrogens with zero attached hydrogens (tertiary/aromatic N) is 2. The summed E-state index contributed by atoms with van der Waals surface area (Å²) in [6.07, 6.45) is 2.62. The van der Waals surface area contributed by atoms with E-state index in [1.165, 1.54) is 0 Å². The Kier molecular flexibility index (Phi) is 5.56. The third-order valence-corrected chi connectivity index (χ3v) is 2.69. The number of rotatable bonds is 3. The van der Waals surface area contributed by atoms with Gasteiger partial charge in [0.05, 0.1) is 5.69 Å². The van der Waals surface area contributed by atoms with Crippen molar-refractivity contribution < 1.29 is 4.39 Å². The Balaban J connectivity index is 0.000000771. The molecule has 0 spiro atoms. The van der Waals surface area contributed by atoms with Crippen LogP contribution in [0.3, 0.4) is 0 Å². The normalized spacial score (nSPS) is 9.83. The number of aryl methyl sites for hydroxylation is 2. The molecule has 0 aliphatic heterocycles. The van der Waals surface area contributed by atoms with Gasteiger partial charge in [0, 0.05) is 18.3 Å². The molecule has 0 radical (unpaired) electrons. The lowest BCUT2D eigenvalue weighted by atomic mass is 10.1. The second kappa shape index (κ2) is 6.94. The molecular formula is C15H21FN2. The number of benzene rings is 1. The van der Waals surface area contributed by atoms with Crippen LogP contribution in [0.2, 0.25) is 0 Å². The van der Waals surface area contributed by atoms with Crippen LogP contribution in [0.1, 0.15) is 33.3 Å². The van der Waals surface area contributed by atoms with E-state index in [9.17, 15) is 4.39 Å². The first-order valence-corrected chi connectivity index (χ1v) is 6.56. The minimum Gasteiger partial charge on any atom is -0.272 e. The van der Waals surface area contributed by atoms with Gasteiger partial charge in [0.25, 0.3) is 0 Å². The van der Waals surface area contributed by atoms with E-state index < -0.39 is 0 Å². The minimum atomic E-state index is -0.147. The largest absolute Gasteiger partial charge is 0.272 e. The zero-order valence-corrected chi connectivity index (χ0v) is 11.6. The molecule has 0 N–H and O–H groups in total. The van der Waals surface area contributed by atoms with Gasteiger partial charge in [0.15, 0.2) is 0 Å². The highest BCUT2D eigenvalue weighted by Crippen LogP contribution is 2.20. The van der Waals surface area contributed by atoms with Gasteiger partial charge in [0.2, 0.25) is 0 Å². The first-order chi connectivity index (χ1) is 8.74. The Bertz CT molecular complexity index is 489. The van der Waals surface area contributed by atoms with Crippen LogP contribution in [0, 0.1) is 5.82 Å². The molecule has 2 aromatic rings. The molecule has 0 aliphatic rings. The molecule has 0 saturated carbocycles. The molecule has 2 rings (SSSR count). The lowest BCUT2D eigenvalue weighted by molar-refractivity contribution is 0.612. The highest BCUT2D eigenvalue weighted by Gasteiger charge is 2.05. The van der Waals surface area contributed by atoms with Gasteiger partial charge in [-0.2, -0.15) is 5.10 Å². The van der Waals surface area contributed by atoms with E-state index in [2.05, 4.69) is 5.10 Å². The van der Waals surface area contributed by atoms with Gasteiger partial charge >= 0.3 is 0 Å². The van der Waals surface area contributed by atoms with Crippen LogP contribution < -0.4 is 0 Å². The molecular weight excluding hydrogens is 227 g/mol. The molecule has 0 bridgehead atoms. The SMILES string of the molecule is CC.CCc1ccc(-c2ccn(CC)n2)cc1F. The summed E-state index contributed by atoms with van der Waals surface area (Å²) in [5, 5.41) is 4.35. The predicted octanol–water partition coefficient (Wildman–Crippen LogP) is 4.30. The smallest absolute Gasteiger partial charge is 0.127 e. The van der Waals surface area contributed by atoms with Crippen molar-refractivity contribution >= 4 is 0 Å². The zero-order valence-electron chi connectivity index (χ0n) is 11.6.